The number of thioether (sulfide) groups is 1. The minimum absolute atomic E-state index is 0.333. The maximum absolute atomic E-state index is 12.0. The second-order valence-electron chi connectivity index (χ2n) is 6.09. The number of nitrogens with one attached hydrogen (secondary N) is 3. The van der Waals surface area contributed by atoms with Gasteiger partial charge in [0.05, 0.1) is 26.7 Å². The largest absolute Gasteiger partial charge is 0.497 e. The lowest BCUT2D eigenvalue weighted by atomic mass is 10.1. The van der Waals surface area contributed by atoms with Crippen molar-refractivity contribution in [3.05, 3.63) is 24.3 Å². The molecule has 2 heterocycles. The molecule has 0 atom stereocenters. The van der Waals surface area contributed by atoms with E-state index in [0.717, 1.165) is 22.4 Å². The van der Waals surface area contributed by atoms with Gasteiger partial charge in [-0.15, -0.1) is 10.2 Å². The van der Waals surface area contributed by atoms with Gasteiger partial charge in [-0.2, -0.15) is 0 Å². The minimum Gasteiger partial charge on any atom is -0.497 e. The Bertz CT molecular complexity index is 701. The van der Waals surface area contributed by atoms with E-state index >= 15 is 0 Å². The summed E-state index contributed by atoms with van der Waals surface area (Å²) in [5, 5.41) is 14.2. The van der Waals surface area contributed by atoms with E-state index in [1.165, 1.54) is 43.7 Å². The Balaban J connectivity index is 1.41. The van der Waals surface area contributed by atoms with Crippen molar-refractivity contribution in [3.63, 3.8) is 0 Å². The van der Waals surface area contributed by atoms with Gasteiger partial charge in [0.25, 0.3) is 0 Å². The van der Waals surface area contributed by atoms with Crippen LogP contribution in [0.3, 0.4) is 0 Å². The summed E-state index contributed by atoms with van der Waals surface area (Å²) in [5.74, 6) is 1.77. The highest BCUT2D eigenvalue weighted by Gasteiger charge is 2.14. The molecule has 3 N–H and O–H groups in total. The van der Waals surface area contributed by atoms with Crippen molar-refractivity contribution < 1.29 is 14.4 Å². The first-order valence-electron chi connectivity index (χ1n) is 8.75. The van der Waals surface area contributed by atoms with Crippen molar-refractivity contribution in [1.29, 1.82) is 0 Å². The summed E-state index contributed by atoms with van der Waals surface area (Å²) in [7, 11) is 1.61. The summed E-state index contributed by atoms with van der Waals surface area (Å²) in [5.41, 5.74) is 0.687. The molecule has 0 bridgehead atoms. The van der Waals surface area contributed by atoms with Crippen molar-refractivity contribution >= 4 is 39.9 Å². The first kappa shape index (κ1) is 18.9. The molecule has 0 aliphatic carbocycles. The number of urea groups is 1. The summed E-state index contributed by atoms with van der Waals surface area (Å²) >= 11 is 3.11. The lowest BCUT2D eigenvalue weighted by Crippen LogP contribution is -3.13. The maximum Gasteiger partial charge on any atom is 0.325 e. The highest BCUT2D eigenvalue weighted by Crippen LogP contribution is 2.25. The molecule has 7 nitrogen and oxygen atoms in total. The smallest absolute Gasteiger partial charge is 0.325 e. The lowest BCUT2D eigenvalue weighted by molar-refractivity contribution is -0.902. The number of hydrogen-bond acceptors (Lipinski definition) is 6. The van der Waals surface area contributed by atoms with Crippen LogP contribution in [-0.4, -0.2) is 48.7 Å². The number of methoxy groups -OCH3 is 1. The second-order valence-corrected chi connectivity index (χ2v) is 8.41. The molecule has 0 radical (unpaired) electrons. The first-order chi connectivity index (χ1) is 12.7. The number of quaternary nitrogens is 1. The zero-order valence-electron chi connectivity index (χ0n) is 14.8. The number of ether oxygens (including phenoxy) is 1. The third-order valence-electron chi connectivity index (χ3n) is 4.22. The van der Waals surface area contributed by atoms with Crippen molar-refractivity contribution in [3.8, 4) is 5.75 Å². The number of amides is 2. The van der Waals surface area contributed by atoms with Crippen LogP contribution in [0, 0.1) is 0 Å². The Morgan fingerprint density at radius 1 is 1.19 bits per heavy atom. The van der Waals surface area contributed by atoms with Gasteiger partial charge in [0, 0.05) is 11.4 Å². The standard InChI is InChI=1S/C17H23N5O2S2/c1-24-14-7-5-13(6-8-14)18-15(23)19-16-20-21-17(26-16)25-12-11-22-9-3-2-4-10-22/h5-8H,2-4,9-12H2,1H3,(H2,18,19,20,23)/p+1. The average molecular weight is 395 g/mol. The SMILES string of the molecule is COc1ccc(NC(=O)Nc2nnc(SCC[NH+]3CCCCC3)s2)cc1. The number of benzene rings is 1. The van der Waals surface area contributed by atoms with Crippen LogP contribution in [-0.2, 0) is 0 Å². The molecule has 1 aromatic heterocycles. The summed E-state index contributed by atoms with van der Waals surface area (Å²) in [6.45, 7) is 3.73. The molecule has 3 rings (SSSR count). The molecule has 26 heavy (non-hydrogen) atoms. The predicted molar refractivity (Wildman–Crippen MR) is 106 cm³/mol. The van der Waals surface area contributed by atoms with Gasteiger partial charge in [-0.1, -0.05) is 23.1 Å². The Morgan fingerprint density at radius 3 is 2.69 bits per heavy atom. The van der Waals surface area contributed by atoms with Gasteiger partial charge >= 0.3 is 6.03 Å². The summed E-state index contributed by atoms with van der Waals surface area (Å²) in [6.07, 6.45) is 4.06. The summed E-state index contributed by atoms with van der Waals surface area (Å²) < 4.78 is 5.98. The van der Waals surface area contributed by atoms with Gasteiger partial charge < -0.3 is 15.0 Å². The Morgan fingerprint density at radius 2 is 1.96 bits per heavy atom. The average Bonchev–Trinajstić information content (AvgIpc) is 3.10. The van der Waals surface area contributed by atoms with Crippen LogP contribution in [0.25, 0.3) is 0 Å². The molecule has 9 heteroatoms. The minimum atomic E-state index is -0.333. The predicted octanol–water partition coefficient (Wildman–Crippen LogP) is 2.35. The van der Waals surface area contributed by atoms with Crippen LogP contribution in [0.15, 0.2) is 28.6 Å². The van der Waals surface area contributed by atoms with Crippen molar-refractivity contribution in [1.82, 2.24) is 10.2 Å². The molecule has 1 fully saturated rings. The van der Waals surface area contributed by atoms with Gasteiger partial charge in [-0.3, -0.25) is 5.32 Å². The first-order valence-corrected chi connectivity index (χ1v) is 10.5. The molecule has 0 unspecified atom stereocenters. The number of aromatic nitrogens is 2. The lowest BCUT2D eigenvalue weighted by Gasteiger charge is -2.22. The normalized spacial score (nSPS) is 14.8. The number of nitrogens with zero attached hydrogens (tertiary/aromatic N) is 2. The highest BCUT2D eigenvalue weighted by molar-refractivity contribution is 8.01. The van der Waals surface area contributed by atoms with Crippen molar-refractivity contribution in [2.24, 2.45) is 0 Å². The molecule has 1 saturated heterocycles. The van der Waals surface area contributed by atoms with Crippen LogP contribution in [0.4, 0.5) is 15.6 Å². The van der Waals surface area contributed by atoms with Gasteiger partial charge in [0.15, 0.2) is 4.34 Å². The van der Waals surface area contributed by atoms with E-state index in [4.69, 9.17) is 4.74 Å². The highest BCUT2D eigenvalue weighted by atomic mass is 32.2. The van der Waals surface area contributed by atoms with Crippen LogP contribution in [0.2, 0.25) is 0 Å². The Hall–Kier alpha value is -1.84. The Kier molecular flexibility index (Phi) is 7.10. The number of hydrogen-bond donors (Lipinski definition) is 3. The molecule has 2 amide bonds. The Labute approximate surface area is 161 Å². The van der Waals surface area contributed by atoms with Gasteiger partial charge in [0.2, 0.25) is 5.13 Å². The molecule has 1 aliphatic rings. The van der Waals surface area contributed by atoms with E-state index in [-0.39, 0.29) is 6.03 Å². The zero-order valence-corrected chi connectivity index (χ0v) is 16.4. The van der Waals surface area contributed by atoms with Gasteiger partial charge in [0.1, 0.15) is 5.75 Å². The van der Waals surface area contributed by atoms with E-state index < -0.39 is 0 Å². The molecule has 140 valence electrons. The van der Waals surface area contributed by atoms with E-state index in [0.29, 0.717) is 10.8 Å². The maximum atomic E-state index is 12.0. The quantitative estimate of drug-likeness (QED) is 0.496. The van der Waals surface area contributed by atoms with E-state index in [1.54, 1.807) is 48.0 Å². The monoisotopic (exact) mass is 394 g/mol. The molecular formula is C17H24N5O2S2+. The van der Waals surface area contributed by atoms with Crippen molar-refractivity contribution in [2.45, 2.75) is 23.6 Å². The molecule has 2 aromatic rings. The zero-order chi connectivity index (χ0) is 18.2. The van der Waals surface area contributed by atoms with Gasteiger partial charge in [-0.25, -0.2) is 4.79 Å². The molecular weight excluding hydrogens is 370 g/mol. The molecule has 0 saturated carbocycles. The third kappa shape index (κ3) is 5.86. The molecule has 1 aromatic carbocycles. The number of anilines is 2. The van der Waals surface area contributed by atoms with Gasteiger partial charge in [-0.05, 0) is 43.5 Å². The van der Waals surface area contributed by atoms with Crippen LogP contribution in [0.1, 0.15) is 19.3 Å². The number of carbonyl (C=O) groups excluding carboxylic acids is 1. The second kappa shape index (κ2) is 9.75. The summed E-state index contributed by atoms with van der Waals surface area (Å²) in [6, 6.07) is 6.81. The molecule has 0 spiro atoms. The number of likely N-dealkylation sites (tertiary alicyclic amines) is 1. The van der Waals surface area contributed by atoms with Crippen LogP contribution >= 0.6 is 23.1 Å². The third-order valence-corrected chi connectivity index (χ3v) is 6.19. The fourth-order valence-electron chi connectivity index (χ4n) is 2.84. The fourth-order valence-corrected chi connectivity index (χ4v) is 4.70. The fraction of sp³-hybridized carbons (Fsp3) is 0.471. The summed E-state index contributed by atoms with van der Waals surface area (Å²) in [4.78, 5) is 13.7. The van der Waals surface area contributed by atoms with E-state index in [2.05, 4.69) is 20.8 Å². The molecule has 1 aliphatic heterocycles. The number of piperidine rings is 1. The number of rotatable bonds is 7. The van der Waals surface area contributed by atoms with E-state index in [9.17, 15) is 4.79 Å². The van der Waals surface area contributed by atoms with Crippen LogP contribution in [0.5, 0.6) is 5.75 Å². The topological polar surface area (TPSA) is 80.6 Å². The van der Waals surface area contributed by atoms with Crippen LogP contribution < -0.4 is 20.3 Å². The van der Waals surface area contributed by atoms with E-state index in [1.807, 2.05) is 0 Å². The number of carbonyl (C=O) groups is 1. The van der Waals surface area contributed by atoms with Crippen molar-refractivity contribution in [2.75, 3.05) is 43.1 Å².